The van der Waals surface area contributed by atoms with Gasteiger partial charge in [0.1, 0.15) is 12.1 Å². The van der Waals surface area contributed by atoms with Crippen molar-refractivity contribution in [2.24, 2.45) is 22.3 Å². The van der Waals surface area contributed by atoms with E-state index in [0.717, 1.165) is 33.4 Å². The van der Waals surface area contributed by atoms with Gasteiger partial charge >= 0.3 is 35.9 Å². The standard InChI is InChI=1S/C58H82N6O12/c1-37(19-13-21-39(3)25-27-43-41(5)51(67)47(35-57(43,7)8)75-49(65)29-33-63-55(73)61-31-15-23-45(59)53(69)70)17-11-12-18-38(2)20-14-22-40(4)26-28-44-42(6)52(68)48(36-58(44,9)10)76-50(66)30-34-64-56(74)62-32-16-24-46(60)54(71)72/h11-14,17-22,25-28,45-48H,15-16,23-24,29-36,59-60H2,1-10H3,(H,69,70)(H,71,72)(H2,61,63,73)(H2,62,64,74)/b12-11+,19-13+,20-14+,27-25+,28-26+,37-17+,38-18+,39-21+,40-22+. The van der Waals surface area contributed by atoms with Crippen LogP contribution in [0.25, 0.3) is 0 Å². The van der Waals surface area contributed by atoms with Crippen LogP contribution in [-0.4, -0.2) is 108 Å². The molecule has 0 spiro atoms. The summed E-state index contributed by atoms with van der Waals surface area (Å²) in [4.78, 5) is 97.4. The number of ketones is 2. The summed E-state index contributed by atoms with van der Waals surface area (Å²) < 4.78 is 11.1. The third-order valence-electron chi connectivity index (χ3n) is 12.6. The normalized spacial score (nSPS) is 19.5. The highest BCUT2D eigenvalue weighted by Crippen LogP contribution is 2.42. The minimum atomic E-state index is -1.10. The lowest BCUT2D eigenvalue weighted by Crippen LogP contribution is -2.40. The molecule has 0 aromatic carbocycles. The van der Waals surface area contributed by atoms with Gasteiger partial charge in [-0.05, 0) is 100 Å². The zero-order valence-electron chi connectivity index (χ0n) is 46.0. The Hall–Kier alpha value is -7.18. The number of allylic oxidation sites excluding steroid dienone is 20. The van der Waals surface area contributed by atoms with Crippen molar-refractivity contribution in [1.82, 2.24) is 21.3 Å². The first-order valence-electron chi connectivity index (χ1n) is 25.6. The topological polar surface area (TPSA) is 296 Å². The Labute approximate surface area is 448 Å². The molecule has 76 heavy (non-hydrogen) atoms. The maximum atomic E-state index is 13.3. The lowest BCUT2D eigenvalue weighted by atomic mass is 9.71. The average molecular weight is 1060 g/mol. The second-order valence-corrected chi connectivity index (χ2v) is 20.4. The van der Waals surface area contributed by atoms with Gasteiger partial charge in [-0.3, -0.25) is 28.8 Å². The van der Waals surface area contributed by atoms with Crippen molar-refractivity contribution in [2.75, 3.05) is 26.2 Å². The number of urea groups is 2. The predicted molar refractivity (Wildman–Crippen MR) is 294 cm³/mol. The minimum Gasteiger partial charge on any atom is -0.480 e. The maximum Gasteiger partial charge on any atom is 0.320 e. The van der Waals surface area contributed by atoms with Crippen LogP contribution in [0, 0.1) is 10.8 Å². The van der Waals surface area contributed by atoms with E-state index in [-0.39, 0.29) is 63.4 Å². The Morgan fingerprint density at radius 2 is 0.868 bits per heavy atom. The summed E-state index contributed by atoms with van der Waals surface area (Å²) in [6.07, 6.45) is 27.3. The zero-order valence-corrected chi connectivity index (χ0v) is 46.0. The second kappa shape index (κ2) is 32.3. The Balaban J connectivity index is 1.87. The molecule has 0 aromatic rings. The van der Waals surface area contributed by atoms with Crippen LogP contribution >= 0.6 is 0 Å². The van der Waals surface area contributed by atoms with Gasteiger partial charge in [0.2, 0.25) is 0 Å². The highest BCUT2D eigenvalue weighted by Gasteiger charge is 2.41. The van der Waals surface area contributed by atoms with Gasteiger partial charge in [0.25, 0.3) is 0 Å². The largest absolute Gasteiger partial charge is 0.480 e. The Kier molecular flexibility index (Phi) is 27.6. The van der Waals surface area contributed by atoms with Crippen molar-refractivity contribution in [3.05, 3.63) is 130 Å². The first kappa shape index (κ1) is 64.9. The van der Waals surface area contributed by atoms with E-state index in [9.17, 15) is 38.4 Å². The molecule has 4 atom stereocenters. The summed E-state index contributed by atoms with van der Waals surface area (Å²) in [7, 11) is 0. The van der Waals surface area contributed by atoms with Crippen molar-refractivity contribution >= 4 is 47.5 Å². The van der Waals surface area contributed by atoms with Crippen LogP contribution in [-0.2, 0) is 38.2 Å². The Bertz CT molecular complexity index is 2310. The number of hydrogen-bond acceptors (Lipinski definition) is 12. The maximum absolute atomic E-state index is 13.3. The molecule has 0 aromatic heterocycles. The Morgan fingerprint density at radius 3 is 1.21 bits per heavy atom. The summed E-state index contributed by atoms with van der Waals surface area (Å²) >= 11 is 0. The van der Waals surface area contributed by atoms with Gasteiger partial charge in [0.05, 0.1) is 12.8 Å². The molecule has 0 radical (unpaired) electrons. The van der Waals surface area contributed by atoms with Gasteiger partial charge < -0.3 is 52.4 Å². The van der Waals surface area contributed by atoms with Gasteiger partial charge in [0, 0.05) is 39.0 Å². The fraction of sp³-hybridized carbons (Fsp3) is 0.483. The average Bonchev–Trinajstić information content (AvgIpc) is 3.33. The molecule has 0 heterocycles. The second-order valence-electron chi connectivity index (χ2n) is 20.4. The summed E-state index contributed by atoms with van der Waals surface area (Å²) in [6, 6.07) is -3.01. The highest BCUT2D eigenvalue weighted by molar-refractivity contribution is 6.02. The summed E-state index contributed by atoms with van der Waals surface area (Å²) in [5.41, 5.74) is 16.8. The van der Waals surface area contributed by atoms with E-state index in [2.05, 4.69) is 21.3 Å². The number of esters is 2. The summed E-state index contributed by atoms with van der Waals surface area (Å²) in [5, 5.41) is 27.9. The molecular formula is C58H82N6O12. The fourth-order valence-electron chi connectivity index (χ4n) is 8.17. The fourth-order valence-corrected chi connectivity index (χ4v) is 8.17. The quantitative estimate of drug-likeness (QED) is 0.0211. The molecule has 0 bridgehead atoms. The number of carboxylic acids is 2. The van der Waals surface area contributed by atoms with Crippen LogP contribution in [0.1, 0.15) is 121 Å². The number of ether oxygens (including phenoxy) is 2. The van der Waals surface area contributed by atoms with Crippen LogP contribution in [0.15, 0.2) is 130 Å². The molecule has 4 unspecified atom stereocenters. The number of aliphatic carboxylic acids is 2. The molecule has 0 aliphatic heterocycles. The number of nitrogens with one attached hydrogen (secondary N) is 4. The molecule has 4 amide bonds. The first-order valence-corrected chi connectivity index (χ1v) is 25.6. The minimum absolute atomic E-state index is 0.00366. The summed E-state index contributed by atoms with van der Waals surface area (Å²) in [5.74, 6) is -3.93. The predicted octanol–water partition coefficient (Wildman–Crippen LogP) is 7.77. The van der Waals surface area contributed by atoms with E-state index >= 15 is 0 Å². The SMILES string of the molecule is CC1=C(/C=C/C(C)=C/C=C/C(C)=C/C=C/C=C(C)/C=C/C=C(C)/C=C/C2=C(C)C(=O)C(OC(=O)CCNC(=O)NCCCC(N)C(=O)O)CC2(C)C)C(C)(C)CC(OC(=O)CCNC(=O)NCCCC(N)C(=O)O)C1=O. The number of carbonyl (C=O) groups excluding carboxylic acids is 6. The third-order valence-corrected chi connectivity index (χ3v) is 12.6. The van der Waals surface area contributed by atoms with Crippen LogP contribution < -0.4 is 32.7 Å². The molecule has 0 saturated carbocycles. The number of carboxylic acid groups (broad SMARTS) is 2. The number of nitrogens with two attached hydrogens (primary N) is 2. The van der Waals surface area contributed by atoms with Gasteiger partial charge in [-0.2, -0.15) is 0 Å². The van der Waals surface area contributed by atoms with Gasteiger partial charge in [-0.25, -0.2) is 9.59 Å². The number of carbonyl (C=O) groups is 8. The van der Waals surface area contributed by atoms with Gasteiger partial charge in [-0.1, -0.05) is 135 Å². The molecular weight excluding hydrogens is 973 g/mol. The zero-order chi connectivity index (χ0) is 57.2. The molecule has 0 saturated heterocycles. The number of Topliss-reactive ketones (excluding diaryl/α,β-unsaturated/α-hetero) is 2. The molecule has 2 rings (SSSR count). The van der Waals surface area contributed by atoms with E-state index in [1.807, 2.05) is 140 Å². The van der Waals surface area contributed by atoms with Gasteiger partial charge in [0.15, 0.2) is 23.8 Å². The van der Waals surface area contributed by atoms with Crippen molar-refractivity contribution in [2.45, 2.75) is 145 Å². The van der Waals surface area contributed by atoms with Crippen molar-refractivity contribution in [3.63, 3.8) is 0 Å². The lowest BCUT2D eigenvalue weighted by Gasteiger charge is -2.36. The molecule has 2 aliphatic rings. The first-order chi connectivity index (χ1) is 35.6. The van der Waals surface area contributed by atoms with E-state index in [1.165, 1.54) is 0 Å². The van der Waals surface area contributed by atoms with E-state index in [4.69, 9.17) is 31.2 Å². The highest BCUT2D eigenvalue weighted by atomic mass is 16.6. The third kappa shape index (κ3) is 24.0. The smallest absolute Gasteiger partial charge is 0.320 e. The molecule has 0 fully saturated rings. The number of rotatable bonds is 28. The van der Waals surface area contributed by atoms with Crippen LogP contribution in [0.5, 0.6) is 0 Å². The summed E-state index contributed by atoms with van der Waals surface area (Å²) in [6.45, 7) is 19.9. The number of hydrogen-bond donors (Lipinski definition) is 8. The number of amides is 4. The van der Waals surface area contributed by atoms with Crippen molar-refractivity contribution in [3.8, 4) is 0 Å². The monoisotopic (exact) mass is 1050 g/mol. The van der Waals surface area contributed by atoms with E-state index in [0.29, 0.717) is 36.8 Å². The lowest BCUT2D eigenvalue weighted by molar-refractivity contribution is -0.156. The molecule has 2 aliphatic carbocycles. The van der Waals surface area contributed by atoms with Crippen LogP contribution in [0.4, 0.5) is 9.59 Å². The van der Waals surface area contributed by atoms with Crippen molar-refractivity contribution in [1.29, 1.82) is 0 Å². The molecule has 18 heteroatoms. The van der Waals surface area contributed by atoms with E-state index < -0.39 is 71.1 Å². The molecule has 18 nitrogen and oxygen atoms in total. The van der Waals surface area contributed by atoms with Crippen molar-refractivity contribution < 1.29 is 58.0 Å². The molecule has 416 valence electrons. The molecule has 10 N–H and O–H groups in total. The van der Waals surface area contributed by atoms with E-state index in [1.54, 1.807) is 13.8 Å². The Morgan fingerprint density at radius 1 is 0.553 bits per heavy atom. The van der Waals surface area contributed by atoms with Crippen LogP contribution in [0.2, 0.25) is 0 Å². The van der Waals surface area contributed by atoms with Gasteiger partial charge in [-0.15, -0.1) is 0 Å². The van der Waals surface area contributed by atoms with Crippen LogP contribution in [0.3, 0.4) is 0 Å².